The maximum Gasteiger partial charge on any atom is 0.323 e. The number of ether oxygens (including phenoxy) is 2. The summed E-state index contributed by atoms with van der Waals surface area (Å²) in [5.41, 5.74) is 7.25. The minimum atomic E-state index is -0.963. The number of anilines is 2. The number of nitrogens with zero attached hydrogens (tertiary/aromatic N) is 1. The Kier molecular flexibility index (Phi) is 8.22. The van der Waals surface area contributed by atoms with Crippen LogP contribution < -0.4 is 25.4 Å². The van der Waals surface area contributed by atoms with E-state index in [-0.39, 0.29) is 12.2 Å². The summed E-state index contributed by atoms with van der Waals surface area (Å²) < 4.78 is 11.1. The molecule has 0 fully saturated rings. The number of nitrogens with one attached hydrogen (secondary N) is 1. The van der Waals surface area contributed by atoms with Crippen LogP contribution in [0.4, 0.5) is 11.4 Å². The van der Waals surface area contributed by atoms with Gasteiger partial charge in [0.25, 0.3) is 0 Å². The van der Waals surface area contributed by atoms with E-state index < -0.39 is 17.7 Å². The molecule has 0 radical (unpaired) electrons. The van der Waals surface area contributed by atoms with Crippen molar-refractivity contribution < 1.29 is 23.9 Å². The van der Waals surface area contributed by atoms with Crippen LogP contribution >= 0.6 is 0 Å². The molecule has 0 heterocycles. The third-order valence-electron chi connectivity index (χ3n) is 4.15. The third kappa shape index (κ3) is 5.97. The van der Waals surface area contributed by atoms with Gasteiger partial charge >= 0.3 is 11.8 Å². The van der Waals surface area contributed by atoms with Crippen LogP contribution in [-0.2, 0) is 20.8 Å². The minimum absolute atomic E-state index is 0.215. The van der Waals surface area contributed by atoms with Gasteiger partial charge in [-0.1, -0.05) is 12.1 Å². The molecular formula is C22H27N3O5. The molecule has 0 unspecified atom stereocenters. The lowest BCUT2D eigenvalue weighted by atomic mass is 10.1. The second-order valence-electron chi connectivity index (χ2n) is 6.41. The smallest absolute Gasteiger partial charge is 0.323 e. The van der Waals surface area contributed by atoms with Crippen LogP contribution in [0, 0.1) is 0 Å². The summed E-state index contributed by atoms with van der Waals surface area (Å²) in [5, 5.41) is 2.56. The number of benzene rings is 2. The molecule has 0 atom stereocenters. The highest BCUT2D eigenvalue weighted by Crippen LogP contribution is 2.28. The summed E-state index contributed by atoms with van der Waals surface area (Å²) in [4.78, 5) is 37.6. The molecule has 2 aromatic carbocycles. The van der Waals surface area contributed by atoms with Crippen LogP contribution in [0.15, 0.2) is 42.5 Å². The second kappa shape index (κ2) is 10.8. The van der Waals surface area contributed by atoms with Gasteiger partial charge in [0.05, 0.1) is 18.9 Å². The lowest BCUT2D eigenvalue weighted by molar-refractivity contribution is -0.139. The highest BCUT2D eigenvalue weighted by atomic mass is 16.5. The van der Waals surface area contributed by atoms with Gasteiger partial charge in [0.1, 0.15) is 0 Å². The van der Waals surface area contributed by atoms with Gasteiger partial charge in [0.2, 0.25) is 5.91 Å². The van der Waals surface area contributed by atoms with E-state index in [2.05, 4.69) is 5.32 Å². The Morgan fingerprint density at radius 1 is 1.00 bits per heavy atom. The number of amides is 3. The van der Waals surface area contributed by atoms with Crippen molar-refractivity contribution in [2.24, 2.45) is 0 Å². The van der Waals surface area contributed by atoms with Gasteiger partial charge in [-0.15, -0.1) is 0 Å². The lowest BCUT2D eigenvalue weighted by Crippen LogP contribution is -2.46. The van der Waals surface area contributed by atoms with Crippen LogP contribution in [0.25, 0.3) is 0 Å². The average Bonchev–Trinajstić information content (AvgIpc) is 2.70. The number of rotatable bonds is 8. The fourth-order valence-electron chi connectivity index (χ4n) is 2.85. The number of imide groups is 1. The molecule has 3 amide bonds. The number of carbonyl (C=O) groups excluding carboxylic acids is 3. The Morgan fingerprint density at radius 3 is 2.33 bits per heavy atom. The van der Waals surface area contributed by atoms with Crippen molar-refractivity contribution in [3.8, 4) is 11.5 Å². The van der Waals surface area contributed by atoms with Gasteiger partial charge in [0.15, 0.2) is 11.5 Å². The third-order valence-corrected chi connectivity index (χ3v) is 4.15. The predicted octanol–water partition coefficient (Wildman–Crippen LogP) is 2.30. The molecule has 0 bridgehead atoms. The molecule has 0 aromatic heterocycles. The molecule has 0 spiro atoms. The summed E-state index contributed by atoms with van der Waals surface area (Å²) in [6.07, 6.45) is 0.476. The van der Waals surface area contributed by atoms with Crippen molar-refractivity contribution in [2.45, 2.75) is 27.2 Å². The van der Waals surface area contributed by atoms with E-state index in [0.717, 1.165) is 10.5 Å². The molecular weight excluding hydrogens is 386 g/mol. The number of nitrogens with two attached hydrogens (primary N) is 1. The summed E-state index contributed by atoms with van der Waals surface area (Å²) in [6, 6.07) is 11.8. The number of hydrogen-bond donors (Lipinski definition) is 2. The van der Waals surface area contributed by atoms with Gasteiger partial charge in [0, 0.05) is 19.2 Å². The summed E-state index contributed by atoms with van der Waals surface area (Å²) >= 11 is 0. The zero-order chi connectivity index (χ0) is 22.1. The van der Waals surface area contributed by atoms with Crippen molar-refractivity contribution in [3.05, 3.63) is 48.0 Å². The molecule has 2 aromatic rings. The molecule has 3 N–H and O–H groups in total. The molecule has 0 saturated heterocycles. The van der Waals surface area contributed by atoms with Crippen molar-refractivity contribution in [2.75, 3.05) is 30.4 Å². The first-order valence-electron chi connectivity index (χ1n) is 9.74. The summed E-state index contributed by atoms with van der Waals surface area (Å²) in [7, 11) is 0. The first-order valence-corrected chi connectivity index (χ1v) is 9.74. The molecule has 160 valence electrons. The minimum Gasteiger partial charge on any atom is -0.490 e. The van der Waals surface area contributed by atoms with Gasteiger partial charge in [-0.2, -0.15) is 0 Å². The standard InChI is InChI=1S/C22H27N3O5/c1-4-29-19-10-9-16(13-20(19)30-5-2)11-12-24-21(27)22(28)25(15(3)26)18-8-6-7-17(23)14-18/h6-10,13-14H,4-5,11-12,23H2,1-3H3,(H,24,27). The van der Waals surface area contributed by atoms with Crippen molar-refractivity contribution in [3.63, 3.8) is 0 Å². The van der Waals surface area contributed by atoms with Crippen LogP contribution in [0.3, 0.4) is 0 Å². The van der Waals surface area contributed by atoms with E-state index in [1.807, 2.05) is 32.0 Å². The van der Waals surface area contributed by atoms with Crippen molar-refractivity contribution >= 4 is 29.1 Å². The summed E-state index contributed by atoms with van der Waals surface area (Å²) in [6.45, 7) is 6.23. The average molecular weight is 413 g/mol. The van der Waals surface area contributed by atoms with Gasteiger partial charge in [-0.05, 0) is 56.2 Å². The first kappa shape index (κ1) is 22.7. The molecule has 2 rings (SSSR count). The molecule has 0 aliphatic heterocycles. The fraction of sp³-hybridized carbons (Fsp3) is 0.318. The highest BCUT2D eigenvalue weighted by Gasteiger charge is 2.26. The van der Waals surface area contributed by atoms with Crippen molar-refractivity contribution in [1.82, 2.24) is 5.32 Å². The van der Waals surface area contributed by atoms with E-state index in [1.165, 1.54) is 19.1 Å². The van der Waals surface area contributed by atoms with Gasteiger partial charge < -0.3 is 20.5 Å². The quantitative estimate of drug-likeness (QED) is 0.507. The largest absolute Gasteiger partial charge is 0.490 e. The van der Waals surface area contributed by atoms with E-state index >= 15 is 0 Å². The number of hydrogen-bond acceptors (Lipinski definition) is 6. The monoisotopic (exact) mass is 413 g/mol. The molecule has 0 aliphatic rings. The van der Waals surface area contributed by atoms with Crippen molar-refractivity contribution in [1.29, 1.82) is 0 Å². The summed E-state index contributed by atoms with van der Waals surface area (Å²) in [5.74, 6) is -1.13. The zero-order valence-corrected chi connectivity index (χ0v) is 17.4. The van der Waals surface area contributed by atoms with Crippen LogP contribution in [0.2, 0.25) is 0 Å². The lowest BCUT2D eigenvalue weighted by Gasteiger charge is -2.19. The number of carbonyl (C=O) groups is 3. The molecule has 0 aliphatic carbocycles. The van der Waals surface area contributed by atoms with E-state index in [0.29, 0.717) is 36.8 Å². The Labute approximate surface area is 175 Å². The molecule has 30 heavy (non-hydrogen) atoms. The molecule has 0 saturated carbocycles. The maximum atomic E-state index is 12.5. The van der Waals surface area contributed by atoms with E-state index in [9.17, 15) is 14.4 Å². The normalized spacial score (nSPS) is 10.2. The molecule has 8 heteroatoms. The Bertz CT molecular complexity index is 913. The predicted molar refractivity (Wildman–Crippen MR) is 115 cm³/mol. The first-order chi connectivity index (χ1) is 14.4. The number of nitrogen functional groups attached to an aromatic ring is 1. The maximum absolute atomic E-state index is 12.5. The van der Waals surface area contributed by atoms with Crippen LogP contribution in [-0.4, -0.2) is 37.5 Å². The van der Waals surface area contributed by atoms with Crippen LogP contribution in [0.1, 0.15) is 26.3 Å². The Balaban J connectivity index is 2.01. The zero-order valence-electron chi connectivity index (χ0n) is 17.4. The molecule has 8 nitrogen and oxygen atoms in total. The Morgan fingerprint density at radius 2 is 1.70 bits per heavy atom. The van der Waals surface area contributed by atoms with E-state index in [1.54, 1.807) is 12.1 Å². The fourth-order valence-corrected chi connectivity index (χ4v) is 2.85. The van der Waals surface area contributed by atoms with Gasteiger partial charge in [-0.25, -0.2) is 4.90 Å². The van der Waals surface area contributed by atoms with Crippen LogP contribution in [0.5, 0.6) is 11.5 Å². The topological polar surface area (TPSA) is 111 Å². The van der Waals surface area contributed by atoms with E-state index in [4.69, 9.17) is 15.2 Å². The van der Waals surface area contributed by atoms with Gasteiger partial charge in [-0.3, -0.25) is 14.4 Å². The Hall–Kier alpha value is -3.55. The highest BCUT2D eigenvalue weighted by molar-refractivity contribution is 6.45. The SMILES string of the molecule is CCOc1ccc(CCNC(=O)C(=O)N(C(C)=O)c2cccc(N)c2)cc1OCC. The second-order valence-corrected chi connectivity index (χ2v) is 6.41.